The molecule has 0 N–H and O–H groups in total. The van der Waals surface area contributed by atoms with Crippen LogP contribution in [0.3, 0.4) is 0 Å². The summed E-state index contributed by atoms with van der Waals surface area (Å²) >= 11 is 5.15. The van der Waals surface area contributed by atoms with Gasteiger partial charge in [-0.05, 0) is 34.3 Å². The molecule has 0 spiro atoms. The molecule has 0 bridgehead atoms. The molecule has 2 heterocycles. The first kappa shape index (κ1) is 9.02. The molecule has 0 unspecified atom stereocenters. The highest BCUT2D eigenvalue weighted by Gasteiger charge is 2.04. The second-order valence-corrected chi connectivity index (χ2v) is 4.31. The van der Waals surface area contributed by atoms with Gasteiger partial charge < -0.3 is 0 Å². The molecular weight excluding hydrogens is 250 g/mol. The van der Waals surface area contributed by atoms with E-state index in [4.69, 9.17) is 0 Å². The molecule has 0 aliphatic carbocycles. The van der Waals surface area contributed by atoms with Crippen molar-refractivity contribution in [2.75, 3.05) is 6.26 Å². The average Bonchev–Trinajstić information content (AvgIpc) is 2.49. The Kier molecular flexibility index (Phi) is 2.55. The van der Waals surface area contributed by atoms with Gasteiger partial charge in [-0.1, -0.05) is 0 Å². The highest BCUT2D eigenvalue weighted by Crippen LogP contribution is 2.16. The molecule has 0 aromatic carbocycles. The van der Waals surface area contributed by atoms with E-state index < -0.39 is 0 Å². The summed E-state index contributed by atoms with van der Waals surface area (Å²) < 4.78 is 2.77. The van der Waals surface area contributed by atoms with Gasteiger partial charge >= 0.3 is 0 Å². The topological polar surface area (TPSA) is 30.2 Å². The molecule has 68 valence electrons. The van der Waals surface area contributed by atoms with E-state index in [0.717, 1.165) is 21.7 Å². The van der Waals surface area contributed by atoms with Gasteiger partial charge in [0.25, 0.3) is 0 Å². The number of fused-ring (bicyclic) bond motifs is 1. The van der Waals surface area contributed by atoms with Crippen molar-refractivity contribution in [1.29, 1.82) is 0 Å². The monoisotopic (exact) mass is 257 g/mol. The van der Waals surface area contributed by atoms with Gasteiger partial charge in [0, 0.05) is 6.20 Å². The van der Waals surface area contributed by atoms with E-state index in [9.17, 15) is 0 Å². The summed E-state index contributed by atoms with van der Waals surface area (Å²) in [6.07, 6.45) is 3.94. The number of pyridine rings is 1. The number of rotatable bonds is 2. The van der Waals surface area contributed by atoms with Gasteiger partial charge in [-0.15, -0.1) is 0 Å². The summed E-state index contributed by atoms with van der Waals surface area (Å²) in [6.45, 7) is 0. The lowest BCUT2D eigenvalue weighted by molar-refractivity contribution is 0.923. The average molecular weight is 258 g/mol. The molecule has 0 atom stereocenters. The lowest BCUT2D eigenvalue weighted by Crippen LogP contribution is -1.86. The highest BCUT2D eigenvalue weighted by molar-refractivity contribution is 9.10. The number of thioether (sulfide) groups is 1. The van der Waals surface area contributed by atoms with E-state index in [1.165, 1.54) is 0 Å². The Morgan fingerprint density at radius 3 is 3.15 bits per heavy atom. The Morgan fingerprint density at radius 1 is 1.62 bits per heavy atom. The lowest BCUT2D eigenvalue weighted by Gasteiger charge is -1.90. The molecule has 0 fully saturated rings. The highest BCUT2D eigenvalue weighted by atomic mass is 79.9. The molecular formula is C8H8BrN3S. The predicted octanol–water partition coefficient (Wildman–Crippen LogP) is 2.35. The number of aromatic nitrogens is 3. The quantitative estimate of drug-likeness (QED) is 0.828. The number of hydrogen-bond donors (Lipinski definition) is 0. The molecule has 0 amide bonds. The molecule has 2 rings (SSSR count). The van der Waals surface area contributed by atoms with Crippen LogP contribution in [0.4, 0.5) is 0 Å². The summed E-state index contributed by atoms with van der Waals surface area (Å²) in [5.74, 6) is 1.73. The van der Waals surface area contributed by atoms with Crippen LogP contribution in [0.2, 0.25) is 0 Å². The minimum Gasteiger partial charge on any atom is -0.220 e. The molecule has 0 aliphatic heterocycles. The van der Waals surface area contributed by atoms with Crippen LogP contribution in [0.1, 0.15) is 5.82 Å². The van der Waals surface area contributed by atoms with Crippen LogP contribution in [-0.4, -0.2) is 20.9 Å². The van der Waals surface area contributed by atoms with Gasteiger partial charge in [0.2, 0.25) is 0 Å². The molecule has 0 aliphatic rings. The van der Waals surface area contributed by atoms with Crippen molar-refractivity contribution in [3.05, 3.63) is 28.6 Å². The van der Waals surface area contributed by atoms with Gasteiger partial charge in [-0.2, -0.15) is 16.9 Å². The third-order valence-electron chi connectivity index (χ3n) is 1.63. The maximum Gasteiger partial charge on any atom is 0.169 e. The van der Waals surface area contributed by atoms with Crippen LogP contribution in [0.5, 0.6) is 0 Å². The maximum absolute atomic E-state index is 4.39. The lowest BCUT2D eigenvalue weighted by atomic mass is 10.5. The largest absolute Gasteiger partial charge is 0.220 e. The number of halogens is 1. The van der Waals surface area contributed by atoms with Crippen LogP contribution in [-0.2, 0) is 5.75 Å². The van der Waals surface area contributed by atoms with E-state index in [0.29, 0.717) is 0 Å². The minimum atomic E-state index is 0.855. The first-order valence-corrected chi connectivity index (χ1v) is 5.98. The van der Waals surface area contributed by atoms with Gasteiger partial charge in [0.15, 0.2) is 11.5 Å². The van der Waals surface area contributed by atoms with Crippen molar-refractivity contribution >= 4 is 33.3 Å². The smallest absolute Gasteiger partial charge is 0.169 e. The molecule has 0 radical (unpaired) electrons. The zero-order valence-corrected chi connectivity index (χ0v) is 9.47. The second kappa shape index (κ2) is 3.67. The molecule has 13 heavy (non-hydrogen) atoms. The first-order valence-electron chi connectivity index (χ1n) is 3.80. The van der Waals surface area contributed by atoms with Crippen molar-refractivity contribution in [3.8, 4) is 0 Å². The maximum atomic E-state index is 4.39. The zero-order chi connectivity index (χ0) is 9.26. The standard InChI is InChI=1S/C8H8BrN3S/c1-13-5-7-10-8-6(9)3-2-4-12(8)11-7/h2-4H,5H2,1H3. The van der Waals surface area contributed by atoms with Crippen molar-refractivity contribution < 1.29 is 0 Å². The Morgan fingerprint density at radius 2 is 2.46 bits per heavy atom. The van der Waals surface area contributed by atoms with E-state index in [2.05, 4.69) is 26.0 Å². The van der Waals surface area contributed by atoms with Gasteiger partial charge in [-0.25, -0.2) is 9.50 Å². The normalized spacial score (nSPS) is 10.9. The molecule has 3 nitrogen and oxygen atoms in total. The molecule has 0 saturated heterocycles. The van der Waals surface area contributed by atoms with Crippen LogP contribution in [0.25, 0.3) is 5.65 Å². The summed E-state index contributed by atoms with van der Waals surface area (Å²) in [4.78, 5) is 4.39. The van der Waals surface area contributed by atoms with Crippen LogP contribution in [0.15, 0.2) is 22.8 Å². The first-order chi connectivity index (χ1) is 6.31. The Hall–Kier alpha value is -0.550. The Bertz CT molecular complexity index is 426. The summed E-state index contributed by atoms with van der Waals surface area (Å²) in [6, 6.07) is 3.90. The Balaban J connectivity index is 2.55. The zero-order valence-electron chi connectivity index (χ0n) is 7.07. The van der Waals surface area contributed by atoms with E-state index >= 15 is 0 Å². The third-order valence-corrected chi connectivity index (χ3v) is 2.80. The number of hydrogen-bond acceptors (Lipinski definition) is 3. The third kappa shape index (κ3) is 1.71. The van der Waals surface area contributed by atoms with Crippen molar-refractivity contribution in [3.63, 3.8) is 0 Å². The molecule has 5 heteroatoms. The van der Waals surface area contributed by atoms with Crippen molar-refractivity contribution in [2.45, 2.75) is 5.75 Å². The van der Waals surface area contributed by atoms with Crippen LogP contribution in [0, 0.1) is 0 Å². The summed E-state index contributed by atoms with van der Waals surface area (Å²) in [7, 11) is 0. The van der Waals surface area contributed by atoms with E-state index in [1.54, 1.807) is 16.3 Å². The number of nitrogens with zero attached hydrogens (tertiary/aromatic N) is 3. The van der Waals surface area contributed by atoms with Gasteiger partial charge in [0.1, 0.15) is 0 Å². The molecule has 0 saturated carbocycles. The second-order valence-electron chi connectivity index (χ2n) is 2.59. The van der Waals surface area contributed by atoms with Crippen molar-refractivity contribution in [2.24, 2.45) is 0 Å². The summed E-state index contributed by atoms with van der Waals surface area (Å²) in [5.41, 5.74) is 0.881. The van der Waals surface area contributed by atoms with Gasteiger partial charge in [0.05, 0.1) is 10.2 Å². The fourth-order valence-corrected chi connectivity index (χ4v) is 1.91. The fraction of sp³-hybridized carbons (Fsp3) is 0.250. The van der Waals surface area contributed by atoms with Crippen LogP contribution < -0.4 is 0 Å². The van der Waals surface area contributed by atoms with Crippen LogP contribution >= 0.6 is 27.7 Å². The van der Waals surface area contributed by atoms with E-state index in [1.807, 2.05) is 24.6 Å². The minimum absolute atomic E-state index is 0.855. The molecule has 2 aromatic rings. The molecule has 2 aromatic heterocycles. The Labute approximate surface area is 88.7 Å². The SMILES string of the molecule is CSCc1nc2c(Br)cccn2n1. The summed E-state index contributed by atoms with van der Waals surface area (Å²) in [5, 5.41) is 4.32. The van der Waals surface area contributed by atoms with E-state index in [-0.39, 0.29) is 0 Å². The fourth-order valence-electron chi connectivity index (χ4n) is 1.11. The van der Waals surface area contributed by atoms with Crippen molar-refractivity contribution in [1.82, 2.24) is 14.6 Å². The predicted molar refractivity (Wildman–Crippen MR) is 57.9 cm³/mol. The van der Waals surface area contributed by atoms with Gasteiger partial charge in [-0.3, -0.25) is 0 Å².